The first-order chi connectivity index (χ1) is 9.00. The molecule has 0 heterocycles. The summed E-state index contributed by atoms with van der Waals surface area (Å²) in [6, 6.07) is 5.97. The molecule has 0 bridgehead atoms. The number of rotatable bonds is 5. The minimum absolute atomic E-state index is 0.00670. The summed E-state index contributed by atoms with van der Waals surface area (Å²) in [5.41, 5.74) is 2.08. The highest BCUT2D eigenvalue weighted by molar-refractivity contribution is 7.89. The molecule has 2 N–H and O–H groups in total. The van der Waals surface area contributed by atoms with Crippen molar-refractivity contribution in [2.45, 2.75) is 44.4 Å². The SMILES string of the molecule is Cc1ccc(C(C)(C)C)cc1[S@@](=O)CCCS(N)(=O)=O. The van der Waals surface area contributed by atoms with Gasteiger partial charge in [-0.15, -0.1) is 0 Å². The summed E-state index contributed by atoms with van der Waals surface area (Å²) in [5, 5.41) is 4.94. The Morgan fingerprint density at radius 2 is 1.85 bits per heavy atom. The van der Waals surface area contributed by atoms with Gasteiger partial charge in [-0.3, -0.25) is 4.21 Å². The van der Waals surface area contributed by atoms with Gasteiger partial charge in [-0.2, -0.15) is 0 Å². The molecule has 4 nitrogen and oxygen atoms in total. The Hall–Kier alpha value is -0.720. The fraction of sp³-hybridized carbons (Fsp3) is 0.571. The van der Waals surface area contributed by atoms with Crippen LogP contribution in [0.2, 0.25) is 0 Å². The lowest BCUT2D eigenvalue weighted by molar-refractivity contribution is 0.588. The fourth-order valence-electron chi connectivity index (χ4n) is 1.81. The fourth-order valence-corrected chi connectivity index (χ4v) is 3.85. The van der Waals surface area contributed by atoms with E-state index in [1.54, 1.807) is 0 Å². The molecule has 0 saturated heterocycles. The predicted molar refractivity (Wildman–Crippen MR) is 83.7 cm³/mol. The first kappa shape index (κ1) is 17.3. The Bertz CT molecular complexity index is 601. The van der Waals surface area contributed by atoms with E-state index in [2.05, 4.69) is 20.8 Å². The molecule has 0 saturated carbocycles. The van der Waals surface area contributed by atoms with Crippen molar-refractivity contribution in [1.82, 2.24) is 0 Å². The largest absolute Gasteiger partial charge is 0.254 e. The van der Waals surface area contributed by atoms with E-state index < -0.39 is 20.8 Å². The molecule has 0 unspecified atom stereocenters. The monoisotopic (exact) mass is 317 g/mol. The van der Waals surface area contributed by atoms with E-state index in [-0.39, 0.29) is 11.2 Å². The summed E-state index contributed by atoms with van der Waals surface area (Å²) in [7, 11) is -4.67. The van der Waals surface area contributed by atoms with Crippen molar-refractivity contribution in [3.05, 3.63) is 29.3 Å². The average Bonchev–Trinajstić information content (AvgIpc) is 2.25. The summed E-state index contributed by atoms with van der Waals surface area (Å²) in [5.74, 6) is 0.182. The van der Waals surface area contributed by atoms with Crippen molar-refractivity contribution >= 4 is 20.8 Å². The van der Waals surface area contributed by atoms with Crippen molar-refractivity contribution in [1.29, 1.82) is 0 Å². The first-order valence-corrected chi connectivity index (χ1v) is 9.54. The third-order valence-electron chi connectivity index (χ3n) is 3.06. The summed E-state index contributed by atoms with van der Waals surface area (Å²) >= 11 is 0. The van der Waals surface area contributed by atoms with E-state index in [0.717, 1.165) is 16.0 Å². The van der Waals surface area contributed by atoms with Gasteiger partial charge in [0.25, 0.3) is 0 Å². The lowest BCUT2D eigenvalue weighted by Gasteiger charge is -2.20. The standard InChI is InChI=1S/C14H23NO3S2/c1-11-6-7-12(14(2,3)4)10-13(11)19(16)8-5-9-20(15,17)18/h6-7,10H,5,8-9H2,1-4H3,(H2,15,17,18)/t19-/m0/s1. The lowest BCUT2D eigenvalue weighted by Crippen LogP contribution is -2.18. The lowest BCUT2D eigenvalue weighted by atomic mass is 9.87. The third-order valence-corrected chi connectivity index (χ3v) is 5.51. The molecule has 20 heavy (non-hydrogen) atoms. The van der Waals surface area contributed by atoms with Crippen LogP contribution in [0, 0.1) is 6.92 Å². The van der Waals surface area contributed by atoms with Crippen LogP contribution in [0.15, 0.2) is 23.1 Å². The predicted octanol–water partition coefficient (Wildman–Crippen LogP) is 2.08. The molecule has 0 spiro atoms. The van der Waals surface area contributed by atoms with Gasteiger partial charge in [0.05, 0.1) is 16.6 Å². The molecule has 1 rings (SSSR count). The van der Waals surface area contributed by atoms with Crippen LogP contribution >= 0.6 is 0 Å². The number of nitrogens with two attached hydrogens (primary N) is 1. The number of primary sulfonamides is 1. The van der Waals surface area contributed by atoms with Crippen LogP contribution in [0.5, 0.6) is 0 Å². The second-order valence-electron chi connectivity index (χ2n) is 6.00. The maximum absolute atomic E-state index is 12.3. The molecule has 0 fully saturated rings. The summed E-state index contributed by atoms with van der Waals surface area (Å²) in [6.07, 6.45) is 0.310. The molecule has 1 aromatic carbocycles. The highest BCUT2D eigenvalue weighted by Crippen LogP contribution is 2.26. The molecule has 1 atom stereocenters. The van der Waals surface area contributed by atoms with Crippen LogP contribution in [0.3, 0.4) is 0 Å². The van der Waals surface area contributed by atoms with Gasteiger partial charge in [0, 0.05) is 10.6 Å². The van der Waals surface area contributed by atoms with Gasteiger partial charge >= 0.3 is 0 Å². The van der Waals surface area contributed by atoms with Gasteiger partial charge in [-0.25, -0.2) is 13.6 Å². The second kappa shape index (κ2) is 6.37. The zero-order valence-electron chi connectivity index (χ0n) is 12.5. The summed E-state index contributed by atoms with van der Waals surface area (Å²) in [6.45, 7) is 8.22. The topological polar surface area (TPSA) is 77.2 Å². The van der Waals surface area contributed by atoms with Gasteiger partial charge in [-0.05, 0) is 36.0 Å². The van der Waals surface area contributed by atoms with Crippen LogP contribution < -0.4 is 5.14 Å². The van der Waals surface area contributed by atoms with E-state index in [9.17, 15) is 12.6 Å². The molecule has 6 heteroatoms. The number of hydrogen-bond acceptors (Lipinski definition) is 3. The number of aryl methyl sites for hydroxylation is 1. The van der Waals surface area contributed by atoms with Gasteiger partial charge < -0.3 is 0 Å². The van der Waals surface area contributed by atoms with Crippen molar-refractivity contribution in [2.75, 3.05) is 11.5 Å². The minimum Gasteiger partial charge on any atom is -0.254 e. The molecule has 0 amide bonds. The second-order valence-corrected chi connectivity index (χ2v) is 9.27. The average molecular weight is 317 g/mol. The van der Waals surface area contributed by atoms with Gasteiger partial charge in [0.15, 0.2) is 0 Å². The Kier molecular flexibility index (Phi) is 5.52. The molecular weight excluding hydrogens is 294 g/mol. The van der Waals surface area contributed by atoms with Crippen LogP contribution in [0.1, 0.15) is 38.3 Å². The molecule has 1 aromatic rings. The summed E-state index contributed by atoms with van der Waals surface area (Å²) in [4.78, 5) is 0.784. The zero-order valence-corrected chi connectivity index (χ0v) is 14.1. The van der Waals surface area contributed by atoms with Crippen LogP contribution in [0.25, 0.3) is 0 Å². The van der Waals surface area contributed by atoms with E-state index in [4.69, 9.17) is 5.14 Å². The quantitative estimate of drug-likeness (QED) is 0.903. The molecule has 0 aliphatic carbocycles. The Balaban J connectivity index is 2.87. The van der Waals surface area contributed by atoms with Gasteiger partial charge in [0.2, 0.25) is 10.0 Å². The highest BCUT2D eigenvalue weighted by atomic mass is 32.2. The molecule has 114 valence electrons. The molecule has 0 radical (unpaired) electrons. The number of sulfonamides is 1. The maximum atomic E-state index is 12.3. The van der Waals surface area contributed by atoms with Crippen LogP contribution in [-0.4, -0.2) is 24.1 Å². The first-order valence-electron chi connectivity index (χ1n) is 6.51. The van der Waals surface area contributed by atoms with Crippen LogP contribution in [-0.2, 0) is 26.2 Å². The molecule has 0 aliphatic rings. The van der Waals surface area contributed by atoms with Crippen LogP contribution in [0.4, 0.5) is 0 Å². The molecule has 0 aliphatic heterocycles. The van der Waals surface area contributed by atoms with E-state index in [1.807, 2.05) is 25.1 Å². The Morgan fingerprint density at radius 1 is 1.25 bits per heavy atom. The van der Waals surface area contributed by atoms with E-state index in [1.165, 1.54) is 0 Å². The molecular formula is C14H23NO3S2. The zero-order chi connectivity index (χ0) is 15.6. The van der Waals surface area contributed by atoms with E-state index >= 15 is 0 Å². The smallest absolute Gasteiger partial charge is 0.209 e. The van der Waals surface area contributed by atoms with Crippen molar-refractivity contribution < 1.29 is 12.6 Å². The Morgan fingerprint density at radius 3 is 2.35 bits per heavy atom. The minimum atomic E-state index is -3.48. The maximum Gasteiger partial charge on any atom is 0.209 e. The number of hydrogen-bond donors (Lipinski definition) is 1. The normalized spacial score (nSPS) is 14.2. The van der Waals surface area contributed by atoms with Crippen molar-refractivity contribution in [3.8, 4) is 0 Å². The van der Waals surface area contributed by atoms with Gasteiger partial charge in [0.1, 0.15) is 0 Å². The van der Waals surface area contributed by atoms with Gasteiger partial charge in [-0.1, -0.05) is 32.9 Å². The van der Waals surface area contributed by atoms with Crippen molar-refractivity contribution in [2.24, 2.45) is 5.14 Å². The Labute approximate surface area is 124 Å². The highest BCUT2D eigenvalue weighted by Gasteiger charge is 2.17. The van der Waals surface area contributed by atoms with Crippen molar-refractivity contribution in [3.63, 3.8) is 0 Å². The molecule has 0 aromatic heterocycles. The van der Waals surface area contributed by atoms with E-state index in [0.29, 0.717) is 12.2 Å². The third kappa shape index (κ3) is 5.34. The number of benzene rings is 1. The summed E-state index contributed by atoms with van der Waals surface area (Å²) < 4.78 is 34.1.